The first-order chi connectivity index (χ1) is 16.6. The highest BCUT2D eigenvalue weighted by Crippen LogP contribution is 2.36. The fraction of sp³-hybridized carbons (Fsp3) is 0.385. The molecule has 1 saturated carbocycles. The molecular weight excluding hydrogens is 448 g/mol. The Bertz CT molecular complexity index is 1200. The van der Waals surface area contributed by atoms with E-state index in [0.29, 0.717) is 30.2 Å². The molecule has 5 rings (SSSR count). The lowest BCUT2D eigenvalue weighted by Crippen LogP contribution is -2.19. The van der Waals surface area contributed by atoms with Gasteiger partial charge in [0.15, 0.2) is 16.8 Å². The van der Waals surface area contributed by atoms with E-state index in [9.17, 15) is 9.59 Å². The number of ketones is 1. The summed E-state index contributed by atoms with van der Waals surface area (Å²) in [4.78, 5) is 24.6. The van der Waals surface area contributed by atoms with Crippen LogP contribution in [-0.4, -0.2) is 39.3 Å². The first-order valence-electron chi connectivity index (χ1n) is 11.8. The van der Waals surface area contributed by atoms with Gasteiger partial charge in [-0.1, -0.05) is 31.0 Å². The summed E-state index contributed by atoms with van der Waals surface area (Å²) < 4.78 is 7.54. The summed E-state index contributed by atoms with van der Waals surface area (Å²) in [7, 11) is 1.66. The number of rotatable bonds is 7. The summed E-state index contributed by atoms with van der Waals surface area (Å²) in [6, 6.07) is 13.8. The lowest BCUT2D eigenvalue weighted by molar-refractivity contribution is -0.116. The van der Waals surface area contributed by atoms with Crippen LogP contribution in [0.15, 0.2) is 47.6 Å². The minimum atomic E-state index is 0.0249. The third-order valence-corrected chi connectivity index (χ3v) is 7.55. The van der Waals surface area contributed by atoms with E-state index in [-0.39, 0.29) is 11.7 Å². The number of Topliss-reactive ketones (excluding diaryl/α,β-unsaturated/α-hetero) is 1. The molecule has 0 spiro atoms. The number of nitrogens with zero attached hydrogens (tertiary/aromatic N) is 3. The minimum absolute atomic E-state index is 0.0249. The van der Waals surface area contributed by atoms with Crippen molar-refractivity contribution < 1.29 is 14.3 Å². The Labute approximate surface area is 203 Å². The summed E-state index contributed by atoms with van der Waals surface area (Å²) in [5.41, 5.74) is 3.49. The van der Waals surface area contributed by atoms with Gasteiger partial charge in [0.1, 0.15) is 5.75 Å². The monoisotopic (exact) mass is 476 g/mol. The zero-order valence-electron chi connectivity index (χ0n) is 19.3. The van der Waals surface area contributed by atoms with Gasteiger partial charge in [-0.25, -0.2) is 0 Å². The van der Waals surface area contributed by atoms with Gasteiger partial charge in [-0.15, -0.1) is 10.2 Å². The van der Waals surface area contributed by atoms with Crippen LogP contribution in [0.3, 0.4) is 0 Å². The maximum atomic E-state index is 13.0. The Kier molecular flexibility index (Phi) is 6.67. The van der Waals surface area contributed by atoms with Crippen LogP contribution in [0.4, 0.5) is 5.69 Å². The van der Waals surface area contributed by atoms with Crippen molar-refractivity contribution in [3.05, 3.63) is 53.6 Å². The first-order valence-corrected chi connectivity index (χ1v) is 12.8. The van der Waals surface area contributed by atoms with Crippen LogP contribution >= 0.6 is 11.8 Å². The van der Waals surface area contributed by atoms with Crippen LogP contribution in [0, 0.1) is 0 Å². The number of hydrogen-bond donors (Lipinski definition) is 1. The molecule has 0 bridgehead atoms. The van der Waals surface area contributed by atoms with E-state index in [1.165, 1.54) is 31.0 Å². The van der Waals surface area contributed by atoms with E-state index in [1.807, 2.05) is 36.4 Å². The molecule has 8 heteroatoms. The van der Waals surface area contributed by atoms with Crippen LogP contribution in [0.5, 0.6) is 5.75 Å². The molecule has 0 atom stereocenters. The van der Waals surface area contributed by atoms with Crippen molar-refractivity contribution in [1.29, 1.82) is 0 Å². The number of benzene rings is 2. The molecule has 2 heterocycles. The number of thioether (sulfide) groups is 1. The topological polar surface area (TPSA) is 86.1 Å². The van der Waals surface area contributed by atoms with Gasteiger partial charge in [-0.2, -0.15) is 0 Å². The Morgan fingerprint density at radius 3 is 2.65 bits per heavy atom. The summed E-state index contributed by atoms with van der Waals surface area (Å²) in [6.07, 6.45) is 6.96. The molecule has 3 aromatic rings. The van der Waals surface area contributed by atoms with Crippen molar-refractivity contribution in [2.75, 3.05) is 18.2 Å². The van der Waals surface area contributed by atoms with Crippen LogP contribution < -0.4 is 10.1 Å². The second kappa shape index (κ2) is 10.0. The van der Waals surface area contributed by atoms with Gasteiger partial charge in [-0.3, -0.25) is 14.2 Å². The lowest BCUT2D eigenvalue weighted by Gasteiger charge is -2.25. The van der Waals surface area contributed by atoms with E-state index < -0.39 is 0 Å². The zero-order valence-corrected chi connectivity index (χ0v) is 20.1. The van der Waals surface area contributed by atoms with E-state index >= 15 is 0 Å². The molecule has 1 N–H and O–H groups in total. The van der Waals surface area contributed by atoms with E-state index in [1.54, 1.807) is 13.2 Å². The number of amides is 1. The summed E-state index contributed by atoms with van der Waals surface area (Å²) >= 11 is 1.45. The second-order valence-electron chi connectivity index (χ2n) is 8.83. The predicted octanol–water partition coefficient (Wildman–Crippen LogP) is 5.32. The molecule has 1 aliphatic heterocycles. The standard InChI is InChI=1S/C26H28N4O3S/c1-33-21-11-7-17(8-12-21)25-28-29-26(30(25)20-5-3-2-4-6-20)34-16-23(31)19-9-13-22-18(15-19)10-14-24(32)27-22/h7-9,11-13,15,20H,2-6,10,14,16H2,1H3,(H,27,32). The van der Waals surface area contributed by atoms with Crippen molar-refractivity contribution in [2.45, 2.75) is 56.1 Å². The van der Waals surface area contributed by atoms with Crippen LogP contribution in [0.2, 0.25) is 0 Å². The lowest BCUT2D eigenvalue weighted by atomic mass is 9.95. The van der Waals surface area contributed by atoms with Crippen molar-refractivity contribution in [3.63, 3.8) is 0 Å². The molecule has 1 amide bonds. The van der Waals surface area contributed by atoms with E-state index in [0.717, 1.165) is 46.4 Å². The number of methoxy groups -OCH3 is 1. The number of anilines is 1. The third-order valence-electron chi connectivity index (χ3n) is 6.61. The van der Waals surface area contributed by atoms with Crippen LogP contribution in [0.1, 0.15) is 60.5 Å². The SMILES string of the molecule is COc1ccc(-c2nnc(SCC(=O)c3ccc4c(c3)CCC(=O)N4)n2C2CCCCC2)cc1. The maximum absolute atomic E-state index is 13.0. The van der Waals surface area contributed by atoms with Crippen molar-refractivity contribution >= 4 is 29.1 Å². The molecule has 0 radical (unpaired) electrons. The largest absolute Gasteiger partial charge is 0.497 e. The zero-order chi connectivity index (χ0) is 23.5. The molecule has 0 saturated heterocycles. The van der Waals surface area contributed by atoms with Gasteiger partial charge in [0.05, 0.1) is 12.9 Å². The number of nitrogens with one attached hydrogen (secondary N) is 1. The van der Waals surface area contributed by atoms with Crippen molar-refractivity contribution in [2.24, 2.45) is 0 Å². The van der Waals surface area contributed by atoms with Crippen molar-refractivity contribution in [1.82, 2.24) is 14.8 Å². The van der Waals surface area contributed by atoms with Gasteiger partial charge in [0.25, 0.3) is 0 Å². The third kappa shape index (κ3) is 4.73. The number of fused-ring (bicyclic) bond motifs is 1. The normalized spacial score (nSPS) is 16.1. The Morgan fingerprint density at radius 2 is 1.88 bits per heavy atom. The smallest absolute Gasteiger partial charge is 0.224 e. The van der Waals surface area contributed by atoms with E-state index in [2.05, 4.69) is 20.1 Å². The van der Waals surface area contributed by atoms with Gasteiger partial charge in [0.2, 0.25) is 5.91 Å². The van der Waals surface area contributed by atoms with Gasteiger partial charge in [-0.05, 0) is 67.3 Å². The molecule has 2 aliphatic rings. The van der Waals surface area contributed by atoms with Gasteiger partial charge < -0.3 is 10.1 Å². The molecule has 0 unspecified atom stereocenters. The Hall–Kier alpha value is -3.13. The molecule has 7 nitrogen and oxygen atoms in total. The fourth-order valence-corrected chi connectivity index (χ4v) is 5.65. The van der Waals surface area contributed by atoms with Crippen LogP contribution in [-0.2, 0) is 11.2 Å². The second-order valence-corrected chi connectivity index (χ2v) is 9.77. The molecule has 176 valence electrons. The predicted molar refractivity (Wildman–Crippen MR) is 133 cm³/mol. The molecule has 1 aromatic heterocycles. The summed E-state index contributed by atoms with van der Waals surface area (Å²) in [5, 5.41) is 12.7. The molecule has 2 aromatic carbocycles. The number of aryl methyl sites for hydroxylation is 1. The maximum Gasteiger partial charge on any atom is 0.224 e. The van der Waals surface area contributed by atoms with E-state index in [4.69, 9.17) is 4.74 Å². The molecule has 1 fully saturated rings. The highest BCUT2D eigenvalue weighted by atomic mass is 32.2. The molecule has 34 heavy (non-hydrogen) atoms. The Balaban J connectivity index is 1.37. The number of carbonyl (C=O) groups excluding carboxylic acids is 2. The minimum Gasteiger partial charge on any atom is -0.497 e. The molecule has 1 aliphatic carbocycles. The number of hydrogen-bond acceptors (Lipinski definition) is 6. The molecular formula is C26H28N4O3S. The van der Waals surface area contributed by atoms with Gasteiger partial charge >= 0.3 is 0 Å². The average Bonchev–Trinajstić information content (AvgIpc) is 3.31. The number of aromatic nitrogens is 3. The van der Waals surface area contributed by atoms with Crippen LogP contribution in [0.25, 0.3) is 11.4 Å². The van der Waals surface area contributed by atoms with Gasteiger partial charge in [0, 0.05) is 29.3 Å². The highest BCUT2D eigenvalue weighted by molar-refractivity contribution is 7.99. The fourth-order valence-electron chi connectivity index (χ4n) is 4.75. The summed E-state index contributed by atoms with van der Waals surface area (Å²) in [6.45, 7) is 0. The number of ether oxygens (including phenoxy) is 1. The van der Waals surface area contributed by atoms with Crippen molar-refractivity contribution in [3.8, 4) is 17.1 Å². The number of carbonyl (C=O) groups is 2. The highest BCUT2D eigenvalue weighted by Gasteiger charge is 2.25. The Morgan fingerprint density at radius 1 is 1.09 bits per heavy atom. The quantitative estimate of drug-likeness (QED) is 0.367. The first kappa shape index (κ1) is 22.7. The summed E-state index contributed by atoms with van der Waals surface area (Å²) in [5.74, 6) is 2.01. The average molecular weight is 477 g/mol.